The van der Waals surface area contributed by atoms with Crippen LogP contribution >= 0.6 is 11.8 Å². The molecule has 1 aromatic carbocycles. The predicted octanol–water partition coefficient (Wildman–Crippen LogP) is 2.10. The van der Waals surface area contributed by atoms with Crippen LogP contribution in [0.3, 0.4) is 0 Å². The minimum absolute atomic E-state index is 0.563. The summed E-state index contributed by atoms with van der Waals surface area (Å²) in [6, 6.07) is 12.2. The van der Waals surface area contributed by atoms with Crippen molar-refractivity contribution >= 4 is 23.4 Å². The molecule has 3 aromatic rings. The number of hydrogen-bond acceptors (Lipinski definition) is 6. The van der Waals surface area contributed by atoms with Crippen LogP contribution in [0, 0.1) is 6.92 Å². The Morgan fingerprint density at radius 3 is 2.82 bits per heavy atom. The number of hydrogen-bond donors (Lipinski definition) is 2. The van der Waals surface area contributed by atoms with Gasteiger partial charge in [0, 0.05) is 30.6 Å². The molecule has 0 aliphatic rings. The summed E-state index contributed by atoms with van der Waals surface area (Å²) in [4.78, 5) is 8.91. The molecule has 22 heavy (non-hydrogen) atoms. The Morgan fingerprint density at radius 2 is 2.05 bits per heavy atom. The van der Waals surface area contributed by atoms with E-state index in [1.54, 1.807) is 16.3 Å². The van der Waals surface area contributed by atoms with E-state index in [0.717, 1.165) is 22.4 Å². The summed E-state index contributed by atoms with van der Waals surface area (Å²) >= 11 is 1.60. The SMILES string of the molecule is Cc1cc(NCCN)n2nc(SCc3ccccc3)nc2n1. The Kier molecular flexibility index (Phi) is 4.55. The molecule has 114 valence electrons. The van der Waals surface area contributed by atoms with Crippen molar-refractivity contribution < 1.29 is 0 Å². The second-order valence-electron chi connectivity index (χ2n) is 4.88. The molecule has 0 amide bonds. The monoisotopic (exact) mass is 314 g/mol. The standard InChI is InChI=1S/C15H18N6S/c1-11-9-13(17-8-7-16)21-14(18-11)19-15(20-21)22-10-12-5-3-2-4-6-12/h2-6,9,17H,7-8,10,16H2,1H3. The maximum absolute atomic E-state index is 5.55. The minimum Gasteiger partial charge on any atom is -0.369 e. The van der Waals surface area contributed by atoms with Crippen molar-refractivity contribution in [3.8, 4) is 0 Å². The first-order valence-electron chi connectivity index (χ1n) is 7.11. The number of nitrogens with zero attached hydrogens (tertiary/aromatic N) is 4. The normalized spacial score (nSPS) is 11.0. The molecule has 0 saturated heterocycles. The van der Waals surface area contributed by atoms with Gasteiger partial charge in [0.1, 0.15) is 5.82 Å². The van der Waals surface area contributed by atoms with Crippen LogP contribution in [0.5, 0.6) is 0 Å². The number of fused-ring (bicyclic) bond motifs is 1. The Hall–Kier alpha value is -2.12. The first-order chi connectivity index (χ1) is 10.8. The molecule has 0 bridgehead atoms. The highest BCUT2D eigenvalue weighted by Crippen LogP contribution is 2.21. The molecule has 3 N–H and O–H groups in total. The molecular weight excluding hydrogens is 296 g/mol. The summed E-state index contributed by atoms with van der Waals surface area (Å²) in [5, 5.41) is 8.50. The van der Waals surface area contributed by atoms with Gasteiger partial charge in [-0.25, -0.2) is 4.98 Å². The zero-order valence-corrected chi connectivity index (χ0v) is 13.2. The van der Waals surface area contributed by atoms with Gasteiger partial charge in [0.15, 0.2) is 0 Å². The maximum atomic E-state index is 5.55. The molecule has 0 fully saturated rings. The summed E-state index contributed by atoms with van der Waals surface area (Å²) in [6.45, 7) is 3.19. The third-order valence-electron chi connectivity index (χ3n) is 3.08. The fraction of sp³-hybridized carbons (Fsp3) is 0.267. The number of nitrogens with one attached hydrogen (secondary N) is 1. The van der Waals surface area contributed by atoms with Crippen molar-refractivity contribution in [1.82, 2.24) is 19.6 Å². The zero-order chi connectivity index (χ0) is 15.4. The first-order valence-corrected chi connectivity index (χ1v) is 8.10. The molecule has 0 saturated carbocycles. The third kappa shape index (κ3) is 3.37. The van der Waals surface area contributed by atoms with Crippen LogP contribution in [-0.4, -0.2) is 32.7 Å². The van der Waals surface area contributed by atoms with Crippen molar-refractivity contribution in [3.63, 3.8) is 0 Å². The lowest BCUT2D eigenvalue weighted by Crippen LogP contribution is -2.15. The van der Waals surface area contributed by atoms with Crippen LogP contribution in [0.1, 0.15) is 11.3 Å². The fourth-order valence-electron chi connectivity index (χ4n) is 2.08. The number of aryl methyl sites for hydroxylation is 1. The quantitative estimate of drug-likeness (QED) is 0.678. The van der Waals surface area contributed by atoms with Crippen molar-refractivity contribution in [1.29, 1.82) is 0 Å². The van der Waals surface area contributed by atoms with Gasteiger partial charge in [-0.05, 0) is 12.5 Å². The van der Waals surface area contributed by atoms with Crippen LogP contribution in [0.4, 0.5) is 5.82 Å². The van der Waals surface area contributed by atoms with Crippen LogP contribution in [0.25, 0.3) is 5.78 Å². The smallest absolute Gasteiger partial charge is 0.255 e. The Bertz CT molecular complexity index is 755. The second kappa shape index (κ2) is 6.76. The van der Waals surface area contributed by atoms with E-state index >= 15 is 0 Å². The molecule has 6 nitrogen and oxygen atoms in total. The molecule has 3 rings (SSSR count). The van der Waals surface area contributed by atoms with Crippen LogP contribution in [0.2, 0.25) is 0 Å². The fourth-order valence-corrected chi connectivity index (χ4v) is 2.85. The number of aromatic nitrogens is 4. The first kappa shape index (κ1) is 14.8. The van der Waals surface area contributed by atoms with Crippen molar-refractivity contribution in [2.45, 2.75) is 17.8 Å². The molecule has 0 atom stereocenters. The van der Waals surface area contributed by atoms with Crippen molar-refractivity contribution in [2.24, 2.45) is 5.73 Å². The van der Waals surface area contributed by atoms with Gasteiger partial charge in [-0.1, -0.05) is 42.1 Å². The van der Waals surface area contributed by atoms with E-state index in [9.17, 15) is 0 Å². The average molecular weight is 314 g/mol. The molecule has 0 spiro atoms. The number of anilines is 1. The molecule has 2 heterocycles. The van der Waals surface area contributed by atoms with E-state index in [1.807, 2.05) is 31.2 Å². The van der Waals surface area contributed by atoms with E-state index < -0.39 is 0 Å². The van der Waals surface area contributed by atoms with Gasteiger partial charge in [0.2, 0.25) is 5.16 Å². The topological polar surface area (TPSA) is 81.1 Å². The third-order valence-corrected chi connectivity index (χ3v) is 3.99. The van der Waals surface area contributed by atoms with Gasteiger partial charge in [0.05, 0.1) is 0 Å². The molecule has 7 heteroatoms. The van der Waals surface area contributed by atoms with Gasteiger partial charge >= 0.3 is 0 Å². The number of benzene rings is 1. The molecule has 0 unspecified atom stereocenters. The van der Waals surface area contributed by atoms with Gasteiger partial charge in [-0.15, -0.1) is 5.10 Å². The minimum atomic E-state index is 0.563. The van der Waals surface area contributed by atoms with E-state index in [0.29, 0.717) is 18.9 Å². The lowest BCUT2D eigenvalue weighted by Gasteiger charge is -2.06. The Morgan fingerprint density at radius 1 is 1.23 bits per heavy atom. The highest BCUT2D eigenvalue weighted by molar-refractivity contribution is 7.98. The predicted molar refractivity (Wildman–Crippen MR) is 89.1 cm³/mol. The largest absolute Gasteiger partial charge is 0.369 e. The molecular formula is C15H18N6S. The van der Waals surface area contributed by atoms with Gasteiger partial charge < -0.3 is 11.1 Å². The van der Waals surface area contributed by atoms with E-state index in [4.69, 9.17) is 5.73 Å². The van der Waals surface area contributed by atoms with Crippen LogP contribution in [0.15, 0.2) is 41.6 Å². The van der Waals surface area contributed by atoms with Crippen LogP contribution in [-0.2, 0) is 5.75 Å². The highest BCUT2D eigenvalue weighted by atomic mass is 32.2. The molecule has 0 aliphatic heterocycles. The van der Waals surface area contributed by atoms with Crippen LogP contribution < -0.4 is 11.1 Å². The lowest BCUT2D eigenvalue weighted by atomic mass is 10.2. The van der Waals surface area contributed by atoms with E-state index in [2.05, 4.69) is 32.5 Å². The lowest BCUT2D eigenvalue weighted by molar-refractivity contribution is 0.867. The van der Waals surface area contributed by atoms with Gasteiger partial charge in [-0.2, -0.15) is 9.50 Å². The van der Waals surface area contributed by atoms with E-state index in [-0.39, 0.29) is 0 Å². The molecule has 0 aliphatic carbocycles. The summed E-state index contributed by atoms with van der Waals surface area (Å²) in [5.74, 6) is 2.31. The van der Waals surface area contributed by atoms with E-state index in [1.165, 1.54) is 5.56 Å². The molecule has 2 aromatic heterocycles. The van der Waals surface area contributed by atoms with Crippen molar-refractivity contribution in [2.75, 3.05) is 18.4 Å². The summed E-state index contributed by atoms with van der Waals surface area (Å²) < 4.78 is 1.73. The maximum Gasteiger partial charge on any atom is 0.255 e. The van der Waals surface area contributed by atoms with Crippen molar-refractivity contribution in [3.05, 3.63) is 47.7 Å². The second-order valence-corrected chi connectivity index (χ2v) is 5.82. The average Bonchev–Trinajstić information content (AvgIpc) is 2.94. The Balaban J connectivity index is 1.82. The summed E-state index contributed by atoms with van der Waals surface area (Å²) in [6.07, 6.45) is 0. The van der Waals surface area contributed by atoms with Gasteiger partial charge in [0.25, 0.3) is 5.78 Å². The zero-order valence-electron chi connectivity index (χ0n) is 12.4. The summed E-state index contributed by atoms with van der Waals surface area (Å²) in [5.41, 5.74) is 7.70. The highest BCUT2D eigenvalue weighted by Gasteiger charge is 2.10. The summed E-state index contributed by atoms with van der Waals surface area (Å²) in [7, 11) is 0. The van der Waals surface area contributed by atoms with Gasteiger partial charge in [-0.3, -0.25) is 0 Å². The number of rotatable bonds is 6. The number of nitrogens with two attached hydrogens (primary N) is 1. The number of thioether (sulfide) groups is 1. The Labute approximate surface area is 133 Å². The molecule has 0 radical (unpaired) electrons.